The second kappa shape index (κ2) is 17.7. The number of nitrogens with zero attached hydrogens (tertiary/aromatic N) is 3. The quantitative estimate of drug-likeness (QED) is 0.0764. The maximum Gasteiger partial charge on any atom is 0.514 e. The summed E-state index contributed by atoms with van der Waals surface area (Å²) >= 11 is 0. The molecule has 0 saturated heterocycles. The highest BCUT2D eigenvalue weighted by Gasteiger charge is 2.18. The van der Waals surface area contributed by atoms with Crippen molar-refractivity contribution in [3.63, 3.8) is 0 Å². The van der Waals surface area contributed by atoms with Gasteiger partial charge < -0.3 is 28.4 Å². The van der Waals surface area contributed by atoms with Crippen molar-refractivity contribution in [2.45, 2.75) is 6.10 Å². The summed E-state index contributed by atoms with van der Waals surface area (Å²) in [6.45, 7) is 9.98. The lowest BCUT2D eigenvalue weighted by atomic mass is 10.3. The van der Waals surface area contributed by atoms with Crippen molar-refractivity contribution in [2.75, 3.05) is 65.9 Å². The number of aliphatic imine (C=N–C) groups is 2. The zero-order valence-corrected chi connectivity index (χ0v) is 17.9. The second-order valence-corrected chi connectivity index (χ2v) is 6.11. The topological polar surface area (TPSA) is 140 Å². The fourth-order valence-electron chi connectivity index (χ4n) is 2.14. The molecule has 0 aromatic heterocycles. The van der Waals surface area contributed by atoms with E-state index in [1.807, 2.05) is 0 Å². The Hall–Kier alpha value is -2.93. The average molecular weight is 455 g/mol. The molecule has 1 aromatic rings. The minimum Gasteiger partial charge on any atom is -0.426 e. The van der Waals surface area contributed by atoms with Crippen LogP contribution in [0.2, 0.25) is 0 Å². The first-order valence-corrected chi connectivity index (χ1v) is 9.85. The summed E-state index contributed by atoms with van der Waals surface area (Å²) in [6.07, 6.45) is -1.73. The first-order valence-electron chi connectivity index (χ1n) is 9.85. The third kappa shape index (κ3) is 13.4. The van der Waals surface area contributed by atoms with E-state index in [1.54, 1.807) is 0 Å². The predicted octanol–water partition coefficient (Wildman–Crippen LogP) is 1.95. The van der Waals surface area contributed by atoms with E-state index in [1.165, 1.54) is 24.3 Å². The van der Waals surface area contributed by atoms with Gasteiger partial charge in [0.25, 0.3) is 5.69 Å². The van der Waals surface area contributed by atoms with Crippen molar-refractivity contribution in [3.05, 3.63) is 34.4 Å². The van der Waals surface area contributed by atoms with E-state index in [0.717, 1.165) is 0 Å². The van der Waals surface area contributed by atoms with Gasteiger partial charge in [0.05, 0.1) is 70.9 Å². The molecule has 12 heteroatoms. The fraction of sp³-hybridized carbons (Fsp3) is 0.550. The Bertz CT molecular complexity index is 663. The van der Waals surface area contributed by atoms with Crippen LogP contribution in [0.1, 0.15) is 0 Å². The van der Waals surface area contributed by atoms with Crippen LogP contribution < -0.4 is 4.74 Å². The van der Waals surface area contributed by atoms with E-state index in [-0.39, 0.29) is 37.9 Å². The fourth-order valence-corrected chi connectivity index (χ4v) is 2.14. The van der Waals surface area contributed by atoms with E-state index < -0.39 is 17.2 Å². The van der Waals surface area contributed by atoms with Crippen molar-refractivity contribution < 1.29 is 38.1 Å². The first kappa shape index (κ1) is 27.1. The highest BCUT2D eigenvalue weighted by atomic mass is 16.7. The van der Waals surface area contributed by atoms with Crippen LogP contribution in [-0.2, 0) is 23.7 Å². The predicted molar refractivity (Wildman–Crippen MR) is 116 cm³/mol. The number of nitro benzene ring substituents is 1. The molecule has 0 spiro atoms. The number of hydrogen-bond acceptors (Lipinski definition) is 11. The molecule has 0 aliphatic rings. The maximum absolute atomic E-state index is 12.1. The molecule has 0 heterocycles. The van der Waals surface area contributed by atoms with Gasteiger partial charge in [-0.05, 0) is 25.6 Å². The van der Waals surface area contributed by atoms with Gasteiger partial charge in [-0.1, -0.05) is 0 Å². The summed E-state index contributed by atoms with van der Waals surface area (Å²) in [5, 5.41) is 10.7. The van der Waals surface area contributed by atoms with Gasteiger partial charge in [0, 0.05) is 12.1 Å². The second-order valence-electron chi connectivity index (χ2n) is 6.11. The minimum absolute atomic E-state index is 0.0552. The Morgan fingerprint density at radius 1 is 0.875 bits per heavy atom. The molecule has 0 radical (unpaired) electrons. The smallest absolute Gasteiger partial charge is 0.426 e. The van der Waals surface area contributed by atoms with E-state index in [4.69, 9.17) is 28.4 Å². The zero-order chi connectivity index (χ0) is 23.4. The summed E-state index contributed by atoms with van der Waals surface area (Å²) in [6, 6.07) is 5.03. The molecule has 0 amide bonds. The molecule has 0 aliphatic carbocycles. The summed E-state index contributed by atoms with van der Waals surface area (Å²) < 4.78 is 31.8. The number of non-ortho nitro benzene ring substituents is 1. The van der Waals surface area contributed by atoms with Gasteiger partial charge in [0.1, 0.15) is 5.75 Å². The lowest BCUT2D eigenvalue weighted by molar-refractivity contribution is -0.384. The number of hydrogen-bond donors (Lipinski definition) is 0. The summed E-state index contributed by atoms with van der Waals surface area (Å²) in [4.78, 5) is 29.6. The normalized spacial score (nSPS) is 10.7. The van der Waals surface area contributed by atoms with Crippen LogP contribution in [0.4, 0.5) is 10.5 Å². The number of rotatable bonds is 19. The van der Waals surface area contributed by atoms with E-state index in [0.29, 0.717) is 39.5 Å². The van der Waals surface area contributed by atoms with Gasteiger partial charge in [-0.15, -0.1) is 0 Å². The first-order chi connectivity index (χ1) is 15.6. The Labute approximate surface area is 186 Å². The third-order valence-electron chi connectivity index (χ3n) is 3.65. The summed E-state index contributed by atoms with van der Waals surface area (Å²) in [5.41, 5.74) is -0.123. The van der Waals surface area contributed by atoms with Gasteiger partial charge in [0.15, 0.2) is 6.10 Å². The summed E-state index contributed by atoms with van der Waals surface area (Å²) in [7, 11) is 0. The monoisotopic (exact) mass is 455 g/mol. The number of benzene rings is 1. The Morgan fingerprint density at radius 3 is 1.84 bits per heavy atom. The zero-order valence-electron chi connectivity index (χ0n) is 17.9. The largest absolute Gasteiger partial charge is 0.514 e. The SMILES string of the molecule is C=NCCOCCOCC(COCCOCCN=C)OC(=O)Oc1ccc([N+](=O)[O-])cc1. The molecular weight excluding hydrogens is 426 g/mol. The summed E-state index contributed by atoms with van der Waals surface area (Å²) in [5.74, 6) is 0.106. The standard InChI is InChI=1S/C20H29N3O9/c1-21-7-9-27-11-13-29-15-19(16-30-14-12-28-10-8-22-2)32-20(24)31-18-5-3-17(4-6-18)23(25)26/h3-6,19H,1-2,7-16H2. The number of ether oxygens (including phenoxy) is 6. The van der Waals surface area contributed by atoms with Crippen LogP contribution >= 0.6 is 0 Å². The lowest BCUT2D eigenvalue weighted by Crippen LogP contribution is -2.31. The van der Waals surface area contributed by atoms with E-state index in [2.05, 4.69) is 23.4 Å². The molecular formula is C20H29N3O9. The molecule has 0 fully saturated rings. The Balaban J connectivity index is 2.42. The molecule has 1 aromatic carbocycles. The molecule has 32 heavy (non-hydrogen) atoms. The van der Waals surface area contributed by atoms with Crippen molar-refractivity contribution in [3.8, 4) is 5.75 Å². The van der Waals surface area contributed by atoms with Gasteiger partial charge in [-0.2, -0.15) is 0 Å². The highest BCUT2D eigenvalue weighted by molar-refractivity contribution is 5.64. The van der Waals surface area contributed by atoms with E-state index >= 15 is 0 Å². The van der Waals surface area contributed by atoms with Crippen LogP contribution in [0.3, 0.4) is 0 Å². The van der Waals surface area contributed by atoms with Gasteiger partial charge in [-0.25, -0.2) is 4.79 Å². The molecule has 0 saturated carbocycles. The van der Waals surface area contributed by atoms with Crippen LogP contribution in [0, 0.1) is 10.1 Å². The molecule has 0 atom stereocenters. The van der Waals surface area contributed by atoms with Crippen LogP contribution in [0.15, 0.2) is 34.3 Å². The number of carbonyl (C=O) groups excluding carboxylic acids is 1. The van der Waals surface area contributed by atoms with Gasteiger partial charge in [0.2, 0.25) is 0 Å². The van der Waals surface area contributed by atoms with Crippen molar-refractivity contribution >= 4 is 25.3 Å². The molecule has 1 rings (SSSR count). The highest BCUT2D eigenvalue weighted by Crippen LogP contribution is 2.18. The number of nitro groups is 1. The van der Waals surface area contributed by atoms with Crippen LogP contribution in [0.5, 0.6) is 5.75 Å². The van der Waals surface area contributed by atoms with Crippen molar-refractivity contribution in [1.82, 2.24) is 0 Å². The maximum atomic E-state index is 12.1. The van der Waals surface area contributed by atoms with Crippen molar-refractivity contribution in [2.24, 2.45) is 9.98 Å². The molecule has 0 unspecified atom stereocenters. The molecule has 0 aliphatic heterocycles. The third-order valence-corrected chi connectivity index (χ3v) is 3.65. The molecule has 0 N–H and O–H groups in total. The average Bonchev–Trinajstić information content (AvgIpc) is 2.78. The lowest BCUT2D eigenvalue weighted by Gasteiger charge is -2.18. The molecule has 12 nitrogen and oxygen atoms in total. The van der Waals surface area contributed by atoms with Gasteiger partial charge >= 0.3 is 6.16 Å². The number of carbonyl (C=O) groups is 1. The Kier molecular flexibility index (Phi) is 15.0. The van der Waals surface area contributed by atoms with Gasteiger partial charge in [-0.3, -0.25) is 20.1 Å². The van der Waals surface area contributed by atoms with Crippen molar-refractivity contribution in [1.29, 1.82) is 0 Å². The van der Waals surface area contributed by atoms with Crippen LogP contribution in [0.25, 0.3) is 0 Å². The van der Waals surface area contributed by atoms with E-state index in [9.17, 15) is 14.9 Å². The molecule has 0 bridgehead atoms. The minimum atomic E-state index is -0.988. The Morgan fingerprint density at radius 2 is 1.38 bits per heavy atom. The van der Waals surface area contributed by atoms with Crippen LogP contribution in [-0.4, -0.2) is 96.6 Å². The molecule has 178 valence electrons.